The first-order valence-corrected chi connectivity index (χ1v) is 6.39. The Kier molecular flexibility index (Phi) is 7.06. The Hall–Kier alpha value is -0.370. The lowest BCUT2D eigenvalue weighted by Crippen LogP contribution is -2.45. The molecule has 0 aromatic heterocycles. The highest BCUT2D eigenvalue weighted by atomic mass is 19.4. The van der Waals surface area contributed by atoms with Crippen LogP contribution in [0, 0.1) is 5.41 Å². The average molecular weight is 285 g/mol. The molecular formula is C12H22F3NO3. The van der Waals surface area contributed by atoms with E-state index in [1.54, 1.807) is 7.11 Å². The standard InChI is InChI=1S/C12H22F3NO3/c1-17-6-4-16-7-11(3-2-5-18-8-11)9-19-10-12(13,14)15/h16H,2-10H2,1H3. The molecule has 0 saturated carbocycles. The fourth-order valence-electron chi connectivity index (χ4n) is 2.13. The van der Waals surface area contributed by atoms with Crippen LogP contribution >= 0.6 is 0 Å². The van der Waals surface area contributed by atoms with Crippen molar-refractivity contribution >= 4 is 0 Å². The Morgan fingerprint density at radius 1 is 1.37 bits per heavy atom. The Bertz CT molecular complexity index is 243. The molecule has 0 aromatic carbocycles. The number of methoxy groups -OCH3 is 1. The van der Waals surface area contributed by atoms with Gasteiger partial charge in [-0.25, -0.2) is 0 Å². The first kappa shape index (κ1) is 16.7. The zero-order valence-electron chi connectivity index (χ0n) is 11.2. The number of rotatable bonds is 8. The third-order valence-electron chi connectivity index (χ3n) is 3.06. The Balaban J connectivity index is 2.36. The van der Waals surface area contributed by atoms with Crippen LogP contribution in [0.2, 0.25) is 0 Å². The number of ether oxygens (including phenoxy) is 3. The van der Waals surface area contributed by atoms with Crippen molar-refractivity contribution in [3.8, 4) is 0 Å². The van der Waals surface area contributed by atoms with Gasteiger partial charge in [-0.2, -0.15) is 13.2 Å². The van der Waals surface area contributed by atoms with Gasteiger partial charge in [0.05, 0.1) is 19.8 Å². The van der Waals surface area contributed by atoms with Crippen LogP contribution in [0.25, 0.3) is 0 Å². The molecule has 19 heavy (non-hydrogen) atoms. The minimum absolute atomic E-state index is 0.0620. The van der Waals surface area contributed by atoms with E-state index >= 15 is 0 Å². The lowest BCUT2D eigenvalue weighted by Gasteiger charge is -2.37. The van der Waals surface area contributed by atoms with Crippen LogP contribution in [0.1, 0.15) is 12.8 Å². The molecule has 114 valence electrons. The lowest BCUT2D eigenvalue weighted by molar-refractivity contribution is -0.185. The first-order chi connectivity index (χ1) is 8.97. The summed E-state index contributed by atoms with van der Waals surface area (Å²) in [5.74, 6) is 0. The van der Waals surface area contributed by atoms with Gasteiger partial charge >= 0.3 is 6.18 Å². The van der Waals surface area contributed by atoms with Gasteiger partial charge in [-0.15, -0.1) is 0 Å². The number of hydrogen-bond donors (Lipinski definition) is 1. The van der Waals surface area contributed by atoms with Gasteiger partial charge in [0.2, 0.25) is 0 Å². The number of hydrogen-bond acceptors (Lipinski definition) is 4. The van der Waals surface area contributed by atoms with Crippen molar-refractivity contribution in [3.05, 3.63) is 0 Å². The summed E-state index contributed by atoms with van der Waals surface area (Å²) in [5, 5.41) is 3.18. The van der Waals surface area contributed by atoms with Crippen molar-refractivity contribution in [3.63, 3.8) is 0 Å². The molecule has 1 heterocycles. The van der Waals surface area contributed by atoms with Gasteiger partial charge in [-0.3, -0.25) is 0 Å². The van der Waals surface area contributed by atoms with Gasteiger partial charge in [0.25, 0.3) is 0 Å². The van der Waals surface area contributed by atoms with E-state index in [1.807, 2.05) is 0 Å². The van der Waals surface area contributed by atoms with E-state index in [-0.39, 0.29) is 12.0 Å². The maximum Gasteiger partial charge on any atom is 0.411 e. The fraction of sp³-hybridized carbons (Fsp3) is 1.00. The van der Waals surface area contributed by atoms with Crippen molar-refractivity contribution in [2.24, 2.45) is 5.41 Å². The summed E-state index contributed by atoms with van der Waals surface area (Å²) in [7, 11) is 1.60. The predicted octanol–water partition coefficient (Wildman–Crippen LogP) is 1.60. The van der Waals surface area contributed by atoms with Gasteiger partial charge in [0.1, 0.15) is 6.61 Å². The van der Waals surface area contributed by atoms with Crippen molar-refractivity contribution in [1.29, 1.82) is 0 Å². The molecule has 1 rings (SSSR count). The van der Waals surface area contributed by atoms with E-state index < -0.39 is 12.8 Å². The highest BCUT2D eigenvalue weighted by Gasteiger charge is 2.35. The Morgan fingerprint density at radius 3 is 2.74 bits per heavy atom. The molecular weight excluding hydrogens is 263 g/mol. The van der Waals surface area contributed by atoms with E-state index in [4.69, 9.17) is 14.2 Å². The lowest BCUT2D eigenvalue weighted by atomic mass is 9.83. The smallest absolute Gasteiger partial charge is 0.383 e. The molecule has 0 aromatic rings. The minimum Gasteiger partial charge on any atom is -0.383 e. The first-order valence-electron chi connectivity index (χ1n) is 6.39. The van der Waals surface area contributed by atoms with E-state index in [0.717, 1.165) is 12.8 Å². The molecule has 0 radical (unpaired) electrons. The van der Waals surface area contributed by atoms with Crippen LogP contribution in [0.5, 0.6) is 0 Å². The zero-order chi connectivity index (χ0) is 14.2. The van der Waals surface area contributed by atoms with Crippen LogP contribution in [0.4, 0.5) is 13.2 Å². The molecule has 1 aliphatic rings. The van der Waals surface area contributed by atoms with Crippen LogP contribution in [-0.4, -0.2) is 59.4 Å². The summed E-state index contributed by atoms with van der Waals surface area (Å²) in [4.78, 5) is 0. The van der Waals surface area contributed by atoms with Crippen molar-refractivity contribution in [1.82, 2.24) is 5.32 Å². The van der Waals surface area contributed by atoms with E-state index in [0.29, 0.717) is 32.9 Å². The van der Waals surface area contributed by atoms with Crippen LogP contribution in [0.3, 0.4) is 0 Å². The maximum absolute atomic E-state index is 12.1. The molecule has 1 unspecified atom stereocenters. The molecule has 1 saturated heterocycles. The fourth-order valence-corrected chi connectivity index (χ4v) is 2.13. The van der Waals surface area contributed by atoms with E-state index in [9.17, 15) is 13.2 Å². The molecule has 1 N–H and O–H groups in total. The molecule has 1 atom stereocenters. The summed E-state index contributed by atoms with van der Waals surface area (Å²) in [5.41, 5.74) is -0.364. The molecule has 7 heteroatoms. The molecule has 1 aliphatic heterocycles. The third-order valence-corrected chi connectivity index (χ3v) is 3.06. The quantitative estimate of drug-likeness (QED) is 0.688. The highest BCUT2D eigenvalue weighted by molar-refractivity contribution is 4.84. The summed E-state index contributed by atoms with van der Waals surface area (Å²) < 4.78 is 51.4. The van der Waals surface area contributed by atoms with Crippen molar-refractivity contribution in [2.75, 3.05) is 53.2 Å². The van der Waals surface area contributed by atoms with Gasteiger partial charge in [0.15, 0.2) is 0 Å². The maximum atomic E-state index is 12.1. The number of nitrogens with one attached hydrogen (secondary N) is 1. The summed E-state index contributed by atoms with van der Waals surface area (Å²) in [6.45, 7) is 1.77. The Morgan fingerprint density at radius 2 is 2.16 bits per heavy atom. The second kappa shape index (κ2) is 8.04. The normalized spacial score (nSPS) is 24.6. The van der Waals surface area contributed by atoms with E-state index in [2.05, 4.69) is 5.32 Å². The van der Waals surface area contributed by atoms with Gasteiger partial charge in [0, 0.05) is 32.2 Å². The summed E-state index contributed by atoms with van der Waals surface area (Å²) in [6, 6.07) is 0. The second-order valence-electron chi connectivity index (χ2n) is 4.93. The number of alkyl halides is 3. The SMILES string of the molecule is COCCNCC1(COCC(F)(F)F)CCCOC1. The molecule has 0 amide bonds. The average Bonchev–Trinajstić information content (AvgIpc) is 2.34. The van der Waals surface area contributed by atoms with Crippen molar-refractivity contribution in [2.45, 2.75) is 19.0 Å². The molecule has 0 spiro atoms. The topological polar surface area (TPSA) is 39.7 Å². The minimum atomic E-state index is -4.28. The second-order valence-corrected chi connectivity index (χ2v) is 4.93. The van der Waals surface area contributed by atoms with Crippen LogP contribution in [-0.2, 0) is 14.2 Å². The van der Waals surface area contributed by atoms with Gasteiger partial charge in [-0.05, 0) is 12.8 Å². The van der Waals surface area contributed by atoms with Crippen LogP contribution in [0.15, 0.2) is 0 Å². The van der Waals surface area contributed by atoms with Gasteiger partial charge < -0.3 is 19.5 Å². The van der Waals surface area contributed by atoms with Gasteiger partial charge in [-0.1, -0.05) is 0 Å². The molecule has 0 bridgehead atoms. The monoisotopic (exact) mass is 285 g/mol. The molecule has 4 nitrogen and oxygen atoms in total. The Labute approximate surface area is 111 Å². The zero-order valence-corrected chi connectivity index (χ0v) is 11.2. The van der Waals surface area contributed by atoms with Crippen LogP contribution < -0.4 is 5.32 Å². The summed E-state index contributed by atoms with van der Waals surface area (Å²) in [6.07, 6.45) is -2.62. The predicted molar refractivity (Wildman–Crippen MR) is 64.1 cm³/mol. The van der Waals surface area contributed by atoms with Crippen molar-refractivity contribution < 1.29 is 27.4 Å². The summed E-state index contributed by atoms with van der Waals surface area (Å²) >= 11 is 0. The molecule has 0 aliphatic carbocycles. The largest absolute Gasteiger partial charge is 0.411 e. The number of halogens is 3. The van der Waals surface area contributed by atoms with E-state index in [1.165, 1.54) is 0 Å². The highest BCUT2D eigenvalue weighted by Crippen LogP contribution is 2.29. The third kappa shape index (κ3) is 7.10. The molecule has 1 fully saturated rings.